The van der Waals surface area contributed by atoms with Crippen molar-refractivity contribution >= 4 is 11.8 Å². The lowest BCUT2D eigenvalue weighted by molar-refractivity contribution is -0.163. The molecule has 0 rings (SSSR count). The van der Waals surface area contributed by atoms with E-state index < -0.39 is 29.5 Å². The molecule has 0 amide bonds. The van der Waals surface area contributed by atoms with Crippen molar-refractivity contribution in [3.63, 3.8) is 0 Å². The standard InChI is InChI=1S/C9H17NO4/c1-5(11)6(10)7(12)8(13)14-9(2,3)4/h5-6,11H,10H2,1-4H3/t5-,6+/m1/s1. The van der Waals surface area contributed by atoms with E-state index in [9.17, 15) is 9.59 Å². The summed E-state index contributed by atoms with van der Waals surface area (Å²) in [5.74, 6) is -1.92. The average Bonchev–Trinajstić information content (AvgIpc) is 1.98. The van der Waals surface area contributed by atoms with Crippen LogP contribution in [0.3, 0.4) is 0 Å². The molecule has 0 fully saturated rings. The van der Waals surface area contributed by atoms with E-state index in [1.165, 1.54) is 6.92 Å². The van der Waals surface area contributed by atoms with Gasteiger partial charge in [0.15, 0.2) is 0 Å². The maximum absolute atomic E-state index is 11.2. The smallest absolute Gasteiger partial charge is 0.376 e. The summed E-state index contributed by atoms with van der Waals surface area (Å²) in [4.78, 5) is 22.3. The molecular formula is C9H17NO4. The van der Waals surface area contributed by atoms with Crippen molar-refractivity contribution in [1.82, 2.24) is 0 Å². The maximum atomic E-state index is 11.2. The zero-order valence-electron chi connectivity index (χ0n) is 8.90. The van der Waals surface area contributed by atoms with Crippen LogP contribution in [0.15, 0.2) is 0 Å². The molecule has 0 saturated carbocycles. The first-order chi connectivity index (χ1) is 6.15. The molecule has 3 N–H and O–H groups in total. The third-order valence-electron chi connectivity index (χ3n) is 1.42. The van der Waals surface area contributed by atoms with Crippen LogP contribution in [0.25, 0.3) is 0 Å². The van der Waals surface area contributed by atoms with E-state index in [2.05, 4.69) is 0 Å². The van der Waals surface area contributed by atoms with Gasteiger partial charge in [0.1, 0.15) is 11.6 Å². The molecule has 5 nitrogen and oxygen atoms in total. The molecule has 5 heteroatoms. The minimum atomic E-state index is -1.22. The topological polar surface area (TPSA) is 89.6 Å². The van der Waals surface area contributed by atoms with Crippen molar-refractivity contribution in [3.8, 4) is 0 Å². The molecule has 0 aliphatic rings. The molecule has 0 aromatic heterocycles. The number of ether oxygens (including phenoxy) is 1. The van der Waals surface area contributed by atoms with E-state index in [0.717, 1.165) is 0 Å². The van der Waals surface area contributed by atoms with Gasteiger partial charge in [0.2, 0.25) is 0 Å². The van der Waals surface area contributed by atoms with Gasteiger partial charge in [0.05, 0.1) is 6.10 Å². The van der Waals surface area contributed by atoms with Gasteiger partial charge in [0, 0.05) is 0 Å². The number of nitrogens with two attached hydrogens (primary N) is 1. The van der Waals surface area contributed by atoms with Gasteiger partial charge in [-0.2, -0.15) is 0 Å². The highest BCUT2D eigenvalue weighted by Gasteiger charge is 2.29. The molecule has 0 unspecified atom stereocenters. The van der Waals surface area contributed by atoms with E-state index in [1.807, 2.05) is 0 Å². The van der Waals surface area contributed by atoms with E-state index >= 15 is 0 Å². The number of aliphatic hydroxyl groups excluding tert-OH is 1. The van der Waals surface area contributed by atoms with Gasteiger partial charge in [-0.15, -0.1) is 0 Å². The number of aliphatic hydroxyl groups is 1. The highest BCUT2D eigenvalue weighted by atomic mass is 16.6. The monoisotopic (exact) mass is 203 g/mol. The first-order valence-corrected chi connectivity index (χ1v) is 4.36. The Kier molecular flexibility index (Phi) is 4.22. The van der Waals surface area contributed by atoms with Crippen LogP contribution in [-0.2, 0) is 14.3 Å². The van der Waals surface area contributed by atoms with Crippen LogP contribution in [0.2, 0.25) is 0 Å². The number of esters is 1. The fourth-order valence-corrected chi connectivity index (χ4v) is 0.684. The molecule has 0 spiro atoms. The van der Waals surface area contributed by atoms with Gasteiger partial charge >= 0.3 is 5.97 Å². The third-order valence-corrected chi connectivity index (χ3v) is 1.42. The minimum Gasteiger partial charge on any atom is -0.454 e. The fourth-order valence-electron chi connectivity index (χ4n) is 0.684. The summed E-state index contributed by atoms with van der Waals surface area (Å²) in [5.41, 5.74) is 4.55. The van der Waals surface area contributed by atoms with Crippen LogP contribution >= 0.6 is 0 Å². The number of rotatable bonds is 3. The average molecular weight is 203 g/mol. The largest absolute Gasteiger partial charge is 0.454 e. The Bertz CT molecular complexity index is 229. The summed E-state index contributed by atoms with van der Waals surface area (Å²) in [6.45, 7) is 6.27. The minimum absolute atomic E-state index is 0.731. The van der Waals surface area contributed by atoms with Crippen LogP contribution in [0, 0.1) is 0 Å². The van der Waals surface area contributed by atoms with Crippen molar-refractivity contribution in [2.24, 2.45) is 5.73 Å². The van der Waals surface area contributed by atoms with Crippen molar-refractivity contribution in [2.75, 3.05) is 0 Å². The Labute approximate surface area is 83.2 Å². The van der Waals surface area contributed by atoms with Crippen LogP contribution in [-0.4, -0.2) is 34.6 Å². The molecule has 2 atom stereocenters. The Hall–Kier alpha value is -0.940. The highest BCUT2D eigenvalue weighted by Crippen LogP contribution is 2.08. The number of ketones is 1. The molecule has 0 radical (unpaired) electrons. The highest BCUT2D eigenvalue weighted by molar-refractivity contribution is 6.35. The zero-order chi connectivity index (χ0) is 11.5. The Morgan fingerprint density at radius 1 is 1.36 bits per heavy atom. The van der Waals surface area contributed by atoms with Gasteiger partial charge < -0.3 is 15.6 Å². The van der Waals surface area contributed by atoms with Crippen LogP contribution in [0.5, 0.6) is 0 Å². The molecule has 0 aromatic carbocycles. The fraction of sp³-hybridized carbons (Fsp3) is 0.778. The van der Waals surface area contributed by atoms with Gasteiger partial charge in [-0.3, -0.25) is 4.79 Å². The van der Waals surface area contributed by atoms with E-state index in [4.69, 9.17) is 15.6 Å². The predicted octanol–water partition coefficient (Wildman–Crippen LogP) is -0.395. The summed E-state index contributed by atoms with van der Waals surface area (Å²) in [6.07, 6.45) is -1.06. The van der Waals surface area contributed by atoms with Crippen LogP contribution in [0.1, 0.15) is 27.7 Å². The lowest BCUT2D eigenvalue weighted by atomic mass is 10.1. The van der Waals surface area contributed by atoms with Gasteiger partial charge in [-0.1, -0.05) is 0 Å². The molecule has 14 heavy (non-hydrogen) atoms. The first kappa shape index (κ1) is 13.1. The van der Waals surface area contributed by atoms with E-state index in [-0.39, 0.29) is 0 Å². The van der Waals surface area contributed by atoms with Crippen LogP contribution in [0.4, 0.5) is 0 Å². The molecule has 0 heterocycles. The molecule has 0 aliphatic heterocycles. The second-order valence-electron chi connectivity index (χ2n) is 4.13. The predicted molar refractivity (Wildman–Crippen MR) is 50.5 cm³/mol. The Balaban J connectivity index is 4.35. The van der Waals surface area contributed by atoms with E-state index in [0.29, 0.717) is 0 Å². The number of hydrogen-bond donors (Lipinski definition) is 2. The number of carbonyl (C=O) groups is 2. The second-order valence-corrected chi connectivity index (χ2v) is 4.13. The molecule has 0 aliphatic carbocycles. The van der Waals surface area contributed by atoms with Crippen molar-refractivity contribution in [2.45, 2.75) is 45.4 Å². The van der Waals surface area contributed by atoms with Gasteiger partial charge in [-0.25, -0.2) is 4.79 Å². The summed E-state index contributed by atoms with van der Waals surface area (Å²) in [6, 6.07) is -1.22. The van der Waals surface area contributed by atoms with Crippen molar-refractivity contribution in [1.29, 1.82) is 0 Å². The third kappa shape index (κ3) is 4.34. The molecule has 82 valence electrons. The summed E-state index contributed by atoms with van der Waals surface area (Å²) in [5, 5.41) is 8.98. The molecule has 0 saturated heterocycles. The lowest BCUT2D eigenvalue weighted by Gasteiger charge is -2.20. The maximum Gasteiger partial charge on any atom is 0.376 e. The summed E-state index contributed by atoms with van der Waals surface area (Å²) >= 11 is 0. The quantitative estimate of drug-likeness (QED) is 0.481. The summed E-state index contributed by atoms with van der Waals surface area (Å²) in [7, 11) is 0. The SMILES string of the molecule is C[C@@H](O)[C@H](N)C(=O)C(=O)OC(C)(C)C. The van der Waals surface area contributed by atoms with E-state index in [1.54, 1.807) is 20.8 Å². The first-order valence-electron chi connectivity index (χ1n) is 4.36. The number of Topliss-reactive ketones (excluding diaryl/α,β-unsaturated/α-hetero) is 1. The number of carbonyl (C=O) groups excluding carboxylic acids is 2. The normalized spacial score (nSPS) is 15.9. The van der Waals surface area contributed by atoms with Crippen molar-refractivity contribution < 1.29 is 19.4 Å². The second kappa shape index (κ2) is 4.52. The van der Waals surface area contributed by atoms with Crippen LogP contribution < -0.4 is 5.73 Å². The van der Waals surface area contributed by atoms with Crippen molar-refractivity contribution in [3.05, 3.63) is 0 Å². The van der Waals surface area contributed by atoms with Gasteiger partial charge in [0.25, 0.3) is 5.78 Å². The molecular weight excluding hydrogens is 186 g/mol. The molecule has 0 bridgehead atoms. The Morgan fingerprint density at radius 2 is 1.79 bits per heavy atom. The number of hydrogen-bond acceptors (Lipinski definition) is 5. The zero-order valence-corrected chi connectivity index (χ0v) is 8.90. The van der Waals surface area contributed by atoms with Gasteiger partial charge in [-0.05, 0) is 27.7 Å². The summed E-state index contributed by atoms with van der Waals surface area (Å²) < 4.78 is 4.79. The lowest BCUT2D eigenvalue weighted by Crippen LogP contribution is -2.46. The molecule has 0 aromatic rings. The Morgan fingerprint density at radius 3 is 2.07 bits per heavy atom.